The summed E-state index contributed by atoms with van der Waals surface area (Å²) in [5, 5.41) is 2.42. The van der Waals surface area contributed by atoms with Crippen molar-refractivity contribution in [2.24, 2.45) is 0 Å². The maximum atomic E-state index is 11.6. The number of carbonyl (C=O) groups is 3. The van der Waals surface area contributed by atoms with Gasteiger partial charge in [-0.15, -0.1) is 0 Å². The second-order valence-corrected chi connectivity index (χ2v) is 3.98. The third kappa shape index (κ3) is 3.54. The third-order valence-electron chi connectivity index (χ3n) is 2.59. The van der Waals surface area contributed by atoms with E-state index in [2.05, 4.69) is 10.1 Å². The summed E-state index contributed by atoms with van der Waals surface area (Å²) < 4.78 is 9.54. The number of ether oxygens (including phenoxy) is 2. The van der Waals surface area contributed by atoms with Crippen LogP contribution in [0.3, 0.4) is 0 Å². The minimum absolute atomic E-state index is 0.257. The highest BCUT2D eigenvalue weighted by Crippen LogP contribution is 2.10. The van der Waals surface area contributed by atoms with Crippen LogP contribution in [-0.2, 0) is 19.1 Å². The van der Waals surface area contributed by atoms with E-state index in [4.69, 9.17) is 4.74 Å². The summed E-state index contributed by atoms with van der Waals surface area (Å²) in [5.41, 5.74) is 0.454. The van der Waals surface area contributed by atoms with Crippen LogP contribution in [-0.4, -0.2) is 37.1 Å². The number of nitrogens with one attached hydrogen (secondary N) is 1. The molecule has 0 bridgehead atoms. The maximum absolute atomic E-state index is 11.6. The molecular weight excluding hydrogens is 250 g/mol. The summed E-state index contributed by atoms with van der Waals surface area (Å²) in [7, 11) is 0. The van der Waals surface area contributed by atoms with Crippen LogP contribution in [0.5, 0.6) is 0 Å². The van der Waals surface area contributed by atoms with E-state index < -0.39 is 18.0 Å². The molecule has 6 heteroatoms. The highest BCUT2D eigenvalue weighted by molar-refractivity contribution is 5.96. The van der Waals surface area contributed by atoms with Crippen LogP contribution in [0, 0.1) is 0 Å². The van der Waals surface area contributed by atoms with Crippen LogP contribution < -0.4 is 5.32 Å². The average molecular weight is 263 g/mol. The molecule has 1 aromatic rings. The fourth-order valence-corrected chi connectivity index (χ4v) is 1.63. The summed E-state index contributed by atoms with van der Waals surface area (Å²) in [4.78, 5) is 34.2. The lowest BCUT2D eigenvalue weighted by Crippen LogP contribution is -2.33. The molecule has 1 amide bonds. The van der Waals surface area contributed by atoms with Crippen LogP contribution in [0.4, 0.5) is 0 Å². The zero-order chi connectivity index (χ0) is 13.7. The fourth-order valence-electron chi connectivity index (χ4n) is 1.63. The topological polar surface area (TPSA) is 81.7 Å². The number of hydrogen-bond donors (Lipinski definition) is 1. The molecule has 19 heavy (non-hydrogen) atoms. The van der Waals surface area contributed by atoms with Crippen molar-refractivity contribution in [2.75, 3.05) is 13.2 Å². The second-order valence-electron chi connectivity index (χ2n) is 3.98. The van der Waals surface area contributed by atoms with E-state index in [9.17, 15) is 14.4 Å². The van der Waals surface area contributed by atoms with Gasteiger partial charge < -0.3 is 14.8 Å². The molecule has 1 fully saturated rings. The number of rotatable bonds is 4. The van der Waals surface area contributed by atoms with Gasteiger partial charge >= 0.3 is 11.9 Å². The Balaban J connectivity index is 1.77. The van der Waals surface area contributed by atoms with Gasteiger partial charge in [0.15, 0.2) is 0 Å². The van der Waals surface area contributed by atoms with Gasteiger partial charge in [-0.1, -0.05) is 18.2 Å². The lowest BCUT2D eigenvalue weighted by molar-refractivity contribution is -0.159. The predicted molar refractivity (Wildman–Crippen MR) is 64.2 cm³/mol. The maximum Gasteiger partial charge on any atom is 0.347 e. The number of cyclic esters (lactones) is 1. The molecule has 0 spiro atoms. The van der Waals surface area contributed by atoms with E-state index in [1.807, 2.05) is 0 Å². The van der Waals surface area contributed by atoms with Crippen LogP contribution >= 0.6 is 0 Å². The molecule has 1 N–H and O–H groups in total. The molecule has 0 saturated carbocycles. The summed E-state index contributed by atoms with van der Waals surface area (Å²) in [6.07, 6.45) is -0.488. The van der Waals surface area contributed by atoms with E-state index >= 15 is 0 Å². The van der Waals surface area contributed by atoms with Crippen molar-refractivity contribution < 1.29 is 23.9 Å². The highest BCUT2D eigenvalue weighted by atomic mass is 16.6. The SMILES string of the molecule is O=C(CNC(=O)c1ccccc1)O[C@@H]1CCOC1=O. The number of amides is 1. The lowest BCUT2D eigenvalue weighted by atomic mass is 10.2. The van der Waals surface area contributed by atoms with Gasteiger partial charge in [0.05, 0.1) is 6.61 Å². The Kier molecular flexibility index (Phi) is 4.12. The van der Waals surface area contributed by atoms with Crippen LogP contribution in [0.15, 0.2) is 30.3 Å². The Hall–Kier alpha value is -2.37. The van der Waals surface area contributed by atoms with Crippen LogP contribution in [0.25, 0.3) is 0 Å². The summed E-state index contributed by atoms with van der Waals surface area (Å²) >= 11 is 0. The first-order valence-corrected chi connectivity index (χ1v) is 5.86. The third-order valence-corrected chi connectivity index (χ3v) is 2.59. The standard InChI is InChI=1S/C13H13NO5/c15-11(19-10-6-7-18-13(10)17)8-14-12(16)9-4-2-1-3-5-9/h1-5,10H,6-8H2,(H,14,16)/t10-/m1/s1. The number of benzene rings is 1. The molecule has 6 nitrogen and oxygen atoms in total. The average Bonchev–Trinajstić information content (AvgIpc) is 2.82. The monoisotopic (exact) mass is 263 g/mol. The zero-order valence-corrected chi connectivity index (χ0v) is 10.1. The van der Waals surface area contributed by atoms with Crippen LogP contribution in [0.2, 0.25) is 0 Å². The summed E-state index contributed by atoms with van der Waals surface area (Å²) in [5.74, 6) is -1.57. The largest absolute Gasteiger partial charge is 0.463 e. The van der Waals surface area contributed by atoms with Gasteiger partial charge in [-0.25, -0.2) is 4.79 Å². The Labute approximate surface area is 109 Å². The molecule has 1 aromatic carbocycles. The van der Waals surface area contributed by atoms with Crippen molar-refractivity contribution in [3.8, 4) is 0 Å². The van der Waals surface area contributed by atoms with E-state index in [0.29, 0.717) is 12.0 Å². The first kappa shape index (κ1) is 13.1. The first-order valence-electron chi connectivity index (χ1n) is 5.86. The summed E-state index contributed by atoms with van der Waals surface area (Å²) in [6.45, 7) is -0.0232. The smallest absolute Gasteiger partial charge is 0.347 e. The van der Waals surface area contributed by atoms with E-state index in [1.54, 1.807) is 30.3 Å². The molecule has 0 aliphatic carbocycles. The second kappa shape index (κ2) is 5.99. The van der Waals surface area contributed by atoms with Crippen molar-refractivity contribution in [3.63, 3.8) is 0 Å². The van der Waals surface area contributed by atoms with Gasteiger partial charge in [-0.05, 0) is 12.1 Å². The number of hydrogen-bond acceptors (Lipinski definition) is 5. The highest BCUT2D eigenvalue weighted by Gasteiger charge is 2.30. The quantitative estimate of drug-likeness (QED) is 0.789. The van der Waals surface area contributed by atoms with Crippen molar-refractivity contribution in [2.45, 2.75) is 12.5 Å². The van der Waals surface area contributed by atoms with Crippen molar-refractivity contribution in [1.82, 2.24) is 5.32 Å². The molecule has 1 atom stereocenters. The van der Waals surface area contributed by atoms with Gasteiger partial charge in [0, 0.05) is 12.0 Å². The van der Waals surface area contributed by atoms with Crippen molar-refractivity contribution in [1.29, 1.82) is 0 Å². The van der Waals surface area contributed by atoms with Gasteiger partial charge in [0.25, 0.3) is 5.91 Å². The number of carbonyl (C=O) groups excluding carboxylic acids is 3. The number of esters is 2. The Morgan fingerprint density at radius 1 is 1.32 bits per heavy atom. The molecule has 1 heterocycles. The Morgan fingerprint density at radius 2 is 2.05 bits per heavy atom. The minimum Gasteiger partial charge on any atom is -0.463 e. The molecule has 1 aliphatic heterocycles. The minimum atomic E-state index is -0.846. The fraction of sp³-hybridized carbons (Fsp3) is 0.308. The molecule has 2 rings (SSSR count). The Bertz CT molecular complexity index is 485. The predicted octanol–water partition coefficient (Wildman–Crippen LogP) is 0.275. The molecule has 1 aliphatic rings. The molecule has 100 valence electrons. The van der Waals surface area contributed by atoms with Gasteiger partial charge in [-0.2, -0.15) is 0 Å². The van der Waals surface area contributed by atoms with Crippen molar-refractivity contribution in [3.05, 3.63) is 35.9 Å². The summed E-state index contributed by atoms with van der Waals surface area (Å²) in [6, 6.07) is 8.50. The zero-order valence-electron chi connectivity index (χ0n) is 10.1. The van der Waals surface area contributed by atoms with E-state index in [1.165, 1.54) is 0 Å². The Morgan fingerprint density at radius 3 is 2.68 bits per heavy atom. The molecule has 0 aromatic heterocycles. The molecule has 0 radical (unpaired) electrons. The van der Waals surface area contributed by atoms with Crippen molar-refractivity contribution >= 4 is 17.8 Å². The normalized spacial score (nSPS) is 17.7. The van der Waals surface area contributed by atoms with Gasteiger partial charge in [-0.3, -0.25) is 9.59 Å². The van der Waals surface area contributed by atoms with Crippen LogP contribution in [0.1, 0.15) is 16.8 Å². The molecule has 1 saturated heterocycles. The molecule has 0 unspecified atom stereocenters. The van der Waals surface area contributed by atoms with Gasteiger partial charge in [0.2, 0.25) is 6.10 Å². The van der Waals surface area contributed by atoms with E-state index in [0.717, 1.165) is 0 Å². The lowest BCUT2D eigenvalue weighted by Gasteiger charge is -2.09. The molecular formula is C13H13NO5. The first-order chi connectivity index (χ1) is 9.16. The van der Waals surface area contributed by atoms with E-state index in [-0.39, 0.29) is 19.1 Å². The van der Waals surface area contributed by atoms with Gasteiger partial charge in [0.1, 0.15) is 6.54 Å².